The average molecular weight is 484 g/mol. The number of rotatable bonds is 7. The molecule has 0 amide bonds. The highest BCUT2D eigenvalue weighted by molar-refractivity contribution is 7.99. The van der Waals surface area contributed by atoms with E-state index >= 15 is 0 Å². The molecule has 0 unspecified atom stereocenters. The lowest BCUT2D eigenvalue weighted by atomic mass is 10.3. The van der Waals surface area contributed by atoms with Gasteiger partial charge < -0.3 is 11.1 Å². The van der Waals surface area contributed by atoms with Crippen molar-refractivity contribution < 1.29 is 0 Å². The number of nitrogen functional groups attached to an aromatic ring is 1. The molecule has 0 radical (unpaired) electrons. The first kappa shape index (κ1) is 22.6. The Balaban J connectivity index is 1.60. The van der Waals surface area contributed by atoms with Gasteiger partial charge >= 0.3 is 0 Å². The average Bonchev–Trinajstić information content (AvgIpc) is 3.15. The van der Waals surface area contributed by atoms with Crippen LogP contribution in [0, 0.1) is 6.92 Å². The first-order valence-corrected chi connectivity index (χ1v) is 12.0. The molecule has 0 aliphatic heterocycles. The first-order chi connectivity index (χ1) is 15.4. The fourth-order valence-corrected chi connectivity index (χ4v) is 4.82. The normalized spacial score (nSPS) is 11.3. The standard InChI is InChI=1S/C22H22ClN7S2/c1-12(2)25-9-14-10-27-17(11-26-14)21-30-20(24)19(32-21)16-8-13(3)28-22(29-16)31-18-7-5-4-6-15(18)23/h4-8,10-12,25H,9,24H2,1-3H3. The number of hydrogen-bond acceptors (Lipinski definition) is 9. The van der Waals surface area contributed by atoms with Crippen LogP contribution in [0.2, 0.25) is 5.02 Å². The first-order valence-electron chi connectivity index (χ1n) is 9.98. The van der Waals surface area contributed by atoms with Gasteiger partial charge in [-0.15, -0.1) is 11.3 Å². The second kappa shape index (κ2) is 9.91. The van der Waals surface area contributed by atoms with Crippen LogP contribution in [-0.4, -0.2) is 31.0 Å². The summed E-state index contributed by atoms with van der Waals surface area (Å²) in [6.45, 7) is 6.78. The molecule has 164 valence electrons. The van der Waals surface area contributed by atoms with Gasteiger partial charge in [0.05, 0.1) is 33.7 Å². The quantitative estimate of drug-likeness (QED) is 0.343. The molecule has 3 heterocycles. The molecule has 0 aliphatic carbocycles. The van der Waals surface area contributed by atoms with Crippen LogP contribution in [-0.2, 0) is 6.54 Å². The van der Waals surface area contributed by atoms with Crippen molar-refractivity contribution in [2.24, 2.45) is 0 Å². The van der Waals surface area contributed by atoms with Crippen LogP contribution in [0.15, 0.2) is 52.8 Å². The summed E-state index contributed by atoms with van der Waals surface area (Å²) < 4.78 is 0. The summed E-state index contributed by atoms with van der Waals surface area (Å²) in [5.74, 6) is 0.407. The molecule has 10 heteroatoms. The summed E-state index contributed by atoms with van der Waals surface area (Å²) in [6, 6.07) is 9.90. The third kappa shape index (κ3) is 5.42. The third-order valence-corrected chi connectivity index (χ3v) is 6.87. The number of anilines is 1. The number of benzene rings is 1. The second-order valence-electron chi connectivity index (χ2n) is 7.37. The van der Waals surface area contributed by atoms with Crippen molar-refractivity contribution in [3.8, 4) is 21.3 Å². The molecule has 4 rings (SSSR count). The molecule has 32 heavy (non-hydrogen) atoms. The molecule has 1 aromatic carbocycles. The van der Waals surface area contributed by atoms with E-state index in [1.807, 2.05) is 37.3 Å². The topological polar surface area (TPSA) is 102 Å². The predicted molar refractivity (Wildman–Crippen MR) is 131 cm³/mol. The Labute approximate surface area is 199 Å². The molecule has 0 bridgehead atoms. The zero-order valence-electron chi connectivity index (χ0n) is 17.8. The van der Waals surface area contributed by atoms with E-state index in [2.05, 4.69) is 39.1 Å². The molecule has 0 saturated heterocycles. The van der Waals surface area contributed by atoms with E-state index < -0.39 is 0 Å². The van der Waals surface area contributed by atoms with Gasteiger partial charge in [0.25, 0.3) is 0 Å². The molecular weight excluding hydrogens is 462 g/mol. The number of thiazole rings is 1. The van der Waals surface area contributed by atoms with Gasteiger partial charge in [0, 0.05) is 23.2 Å². The molecule has 0 saturated carbocycles. The molecule has 0 fully saturated rings. The number of aryl methyl sites for hydroxylation is 1. The monoisotopic (exact) mass is 483 g/mol. The summed E-state index contributed by atoms with van der Waals surface area (Å²) in [5.41, 5.74) is 9.36. The van der Waals surface area contributed by atoms with E-state index in [0.717, 1.165) is 26.9 Å². The predicted octanol–water partition coefficient (Wildman–Crippen LogP) is 5.25. The molecule has 0 aliphatic rings. The Morgan fingerprint density at radius 1 is 1.09 bits per heavy atom. The molecular formula is C22H22ClN7S2. The highest BCUT2D eigenvalue weighted by Crippen LogP contribution is 2.37. The van der Waals surface area contributed by atoms with E-state index in [1.165, 1.54) is 23.1 Å². The maximum absolute atomic E-state index is 6.29. The van der Waals surface area contributed by atoms with Crippen LogP contribution < -0.4 is 11.1 Å². The lowest BCUT2D eigenvalue weighted by Crippen LogP contribution is -2.22. The second-order valence-corrected chi connectivity index (χ2v) is 9.79. The number of aromatic nitrogens is 5. The van der Waals surface area contributed by atoms with Crippen LogP contribution in [0.25, 0.3) is 21.3 Å². The highest BCUT2D eigenvalue weighted by atomic mass is 35.5. The van der Waals surface area contributed by atoms with Gasteiger partial charge in [-0.1, -0.05) is 37.6 Å². The Bertz CT molecular complexity index is 1230. The SMILES string of the molecule is Cc1cc(-c2sc(-c3cnc(CNC(C)C)cn3)nc2N)nc(Sc2ccccc2Cl)n1. The minimum Gasteiger partial charge on any atom is -0.382 e. The number of nitrogens with two attached hydrogens (primary N) is 1. The molecule has 3 aromatic heterocycles. The van der Waals surface area contributed by atoms with Crippen molar-refractivity contribution in [2.45, 2.75) is 43.4 Å². The lowest BCUT2D eigenvalue weighted by molar-refractivity contribution is 0.580. The van der Waals surface area contributed by atoms with Gasteiger partial charge in [0.1, 0.15) is 16.5 Å². The largest absolute Gasteiger partial charge is 0.382 e. The van der Waals surface area contributed by atoms with Crippen molar-refractivity contribution in [3.63, 3.8) is 0 Å². The highest BCUT2D eigenvalue weighted by Gasteiger charge is 2.17. The molecule has 0 atom stereocenters. The van der Waals surface area contributed by atoms with Gasteiger partial charge in [-0.2, -0.15) is 0 Å². The van der Waals surface area contributed by atoms with E-state index in [4.69, 9.17) is 22.3 Å². The summed E-state index contributed by atoms with van der Waals surface area (Å²) in [7, 11) is 0. The van der Waals surface area contributed by atoms with Gasteiger partial charge in [-0.05, 0) is 36.9 Å². The van der Waals surface area contributed by atoms with Crippen molar-refractivity contribution in [2.75, 3.05) is 5.73 Å². The van der Waals surface area contributed by atoms with E-state index in [9.17, 15) is 0 Å². The van der Waals surface area contributed by atoms with E-state index in [1.54, 1.807) is 12.4 Å². The third-order valence-electron chi connectivity index (χ3n) is 4.37. The van der Waals surface area contributed by atoms with Crippen LogP contribution in [0.5, 0.6) is 0 Å². The van der Waals surface area contributed by atoms with Gasteiger partial charge in [0.15, 0.2) is 5.16 Å². The summed E-state index contributed by atoms with van der Waals surface area (Å²) in [4.78, 5) is 24.4. The van der Waals surface area contributed by atoms with Crippen LogP contribution in [0.1, 0.15) is 25.2 Å². The summed E-state index contributed by atoms with van der Waals surface area (Å²) in [6.07, 6.45) is 3.48. The smallest absolute Gasteiger partial charge is 0.193 e. The minimum absolute atomic E-state index is 0.384. The molecule has 4 aromatic rings. The number of halogens is 1. The molecule has 7 nitrogen and oxygen atoms in total. The Morgan fingerprint density at radius 3 is 2.62 bits per heavy atom. The summed E-state index contributed by atoms with van der Waals surface area (Å²) in [5, 5.41) is 5.29. The molecule has 0 spiro atoms. The number of hydrogen-bond donors (Lipinski definition) is 2. The Morgan fingerprint density at radius 2 is 1.91 bits per heavy atom. The van der Waals surface area contributed by atoms with Crippen molar-refractivity contribution >= 4 is 40.5 Å². The maximum Gasteiger partial charge on any atom is 0.193 e. The minimum atomic E-state index is 0.384. The lowest BCUT2D eigenvalue weighted by Gasteiger charge is -2.06. The number of nitrogens with one attached hydrogen (secondary N) is 1. The van der Waals surface area contributed by atoms with Crippen LogP contribution in [0.3, 0.4) is 0 Å². The molecule has 3 N–H and O–H groups in total. The van der Waals surface area contributed by atoms with Gasteiger partial charge in [-0.3, -0.25) is 9.97 Å². The van der Waals surface area contributed by atoms with E-state index in [-0.39, 0.29) is 0 Å². The van der Waals surface area contributed by atoms with Crippen molar-refractivity contribution in [1.29, 1.82) is 0 Å². The number of nitrogens with zero attached hydrogens (tertiary/aromatic N) is 5. The zero-order chi connectivity index (χ0) is 22.7. The van der Waals surface area contributed by atoms with Gasteiger partial charge in [-0.25, -0.2) is 15.0 Å². The van der Waals surface area contributed by atoms with Gasteiger partial charge in [0.2, 0.25) is 0 Å². The van der Waals surface area contributed by atoms with Crippen molar-refractivity contribution in [1.82, 2.24) is 30.2 Å². The fraction of sp³-hybridized carbons (Fsp3) is 0.227. The fourth-order valence-electron chi connectivity index (χ4n) is 2.82. The summed E-state index contributed by atoms with van der Waals surface area (Å²) >= 11 is 9.14. The van der Waals surface area contributed by atoms with E-state index in [0.29, 0.717) is 39.3 Å². The Kier molecular flexibility index (Phi) is 7.00. The van der Waals surface area contributed by atoms with Crippen LogP contribution >= 0.6 is 34.7 Å². The van der Waals surface area contributed by atoms with Crippen molar-refractivity contribution in [3.05, 3.63) is 59.1 Å². The maximum atomic E-state index is 6.29. The van der Waals surface area contributed by atoms with Crippen LogP contribution in [0.4, 0.5) is 5.82 Å². The zero-order valence-corrected chi connectivity index (χ0v) is 20.2. The Hall–Kier alpha value is -2.59.